The third-order valence-corrected chi connectivity index (χ3v) is 3.66. The highest BCUT2D eigenvalue weighted by Crippen LogP contribution is 2.11. The molecule has 0 aliphatic carbocycles. The molecule has 0 aliphatic rings. The maximum absolute atomic E-state index is 11.7. The average molecular weight is 310 g/mol. The summed E-state index contributed by atoms with van der Waals surface area (Å²) in [4.78, 5) is 11.7. The number of thioether (sulfide) groups is 1. The van der Waals surface area contributed by atoms with E-state index in [1.54, 1.807) is 0 Å². The first kappa shape index (κ1) is 17.9. The highest BCUT2D eigenvalue weighted by Gasteiger charge is 2.09. The lowest BCUT2D eigenvalue weighted by Gasteiger charge is -2.14. The molecule has 5 heteroatoms. The number of hydrogen-bond acceptors (Lipinski definition) is 3. The minimum Gasteiger partial charge on any atom is -0.391 e. The third-order valence-electron chi connectivity index (χ3n) is 3.05. The molecule has 0 bridgehead atoms. The molecule has 0 aromatic heterocycles. The van der Waals surface area contributed by atoms with Gasteiger partial charge in [0.1, 0.15) is 0 Å². The average Bonchev–Trinajstić information content (AvgIpc) is 2.44. The van der Waals surface area contributed by atoms with Crippen LogP contribution in [0.1, 0.15) is 25.8 Å². The normalized spacial score (nSPS) is 12.2. The van der Waals surface area contributed by atoms with Crippen LogP contribution >= 0.6 is 11.8 Å². The van der Waals surface area contributed by atoms with Crippen molar-refractivity contribution in [2.24, 2.45) is 5.92 Å². The molecule has 0 aliphatic heterocycles. The predicted octanol–water partition coefficient (Wildman–Crippen LogP) is 3.12. The number of urea groups is 1. The highest BCUT2D eigenvalue weighted by atomic mass is 32.2. The first-order chi connectivity index (χ1) is 10.0. The summed E-state index contributed by atoms with van der Waals surface area (Å²) >= 11 is 1.82. The van der Waals surface area contributed by atoms with Crippen molar-refractivity contribution in [1.29, 1.82) is 0 Å². The van der Waals surface area contributed by atoms with Crippen molar-refractivity contribution in [2.75, 3.05) is 23.9 Å². The number of rotatable bonds is 8. The van der Waals surface area contributed by atoms with Crippen LogP contribution in [0.15, 0.2) is 24.3 Å². The Morgan fingerprint density at radius 3 is 2.52 bits per heavy atom. The van der Waals surface area contributed by atoms with Gasteiger partial charge in [-0.05, 0) is 48.5 Å². The minimum absolute atomic E-state index is 0.274. The number of aryl methyl sites for hydroxylation is 1. The number of benzene rings is 1. The summed E-state index contributed by atoms with van der Waals surface area (Å²) in [5.74, 6) is 1.51. The third kappa shape index (κ3) is 7.97. The fraction of sp³-hybridized carbons (Fsp3) is 0.562. The Balaban J connectivity index is 2.34. The molecule has 1 aromatic rings. The summed E-state index contributed by atoms with van der Waals surface area (Å²) in [7, 11) is 0. The Morgan fingerprint density at radius 2 is 1.95 bits per heavy atom. The van der Waals surface area contributed by atoms with Gasteiger partial charge in [0.2, 0.25) is 0 Å². The van der Waals surface area contributed by atoms with Crippen LogP contribution in [0.2, 0.25) is 0 Å². The molecular formula is C16H26N2O2S. The summed E-state index contributed by atoms with van der Waals surface area (Å²) < 4.78 is 0. The van der Waals surface area contributed by atoms with Crippen molar-refractivity contribution in [3.63, 3.8) is 0 Å². The number of carbonyl (C=O) groups excluding carboxylic acids is 1. The zero-order valence-corrected chi connectivity index (χ0v) is 13.9. The van der Waals surface area contributed by atoms with Crippen LogP contribution in [-0.2, 0) is 6.42 Å². The Labute approximate surface area is 131 Å². The SMILES string of the molecule is CSCCc1ccc(NC(=O)NCC(O)CC(C)C)cc1. The number of carbonyl (C=O) groups is 1. The Bertz CT molecular complexity index is 421. The van der Waals surface area contributed by atoms with Crippen molar-refractivity contribution in [3.8, 4) is 0 Å². The van der Waals surface area contributed by atoms with E-state index in [0.717, 1.165) is 17.9 Å². The molecule has 1 rings (SSSR count). The zero-order chi connectivity index (χ0) is 15.7. The number of anilines is 1. The van der Waals surface area contributed by atoms with Crippen molar-refractivity contribution in [1.82, 2.24) is 5.32 Å². The van der Waals surface area contributed by atoms with Gasteiger partial charge >= 0.3 is 6.03 Å². The molecule has 0 radical (unpaired) electrons. The Morgan fingerprint density at radius 1 is 1.29 bits per heavy atom. The van der Waals surface area contributed by atoms with Crippen molar-refractivity contribution in [3.05, 3.63) is 29.8 Å². The standard InChI is InChI=1S/C16H26N2O2S/c1-12(2)10-15(19)11-17-16(20)18-14-6-4-13(5-7-14)8-9-21-3/h4-7,12,15,19H,8-11H2,1-3H3,(H2,17,18,20). The quantitative estimate of drug-likeness (QED) is 0.691. The van der Waals surface area contributed by atoms with Gasteiger partial charge in [-0.15, -0.1) is 0 Å². The minimum atomic E-state index is -0.496. The molecule has 0 saturated carbocycles. The van der Waals surface area contributed by atoms with E-state index in [2.05, 4.69) is 16.9 Å². The van der Waals surface area contributed by atoms with Crippen LogP contribution in [-0.4, -0.2) is 35.8 Å². The van der Waals surface area contributed by atoms with Crippen LogP contribution in [0, 0.1) is 5.92 Å². The number of nitrogens with one attached hydrogen (secondary N) is 2. The van der Waals surface area contributed by atoms with E-state index >= 15 is 0 Å². The van der Waals surface area contributed by atoms with E-state index in [1.165, 1.54) is 5.56 Å². The fourth-order valence-corrected chi connectivity index (χ4v) is 2.43. The molecule has 1 atom stereocenters. The number of hydrogen-bond donors (Lipinski definition) is 3. The lowest BCUT2D eigenvalue weighted by molar-refractivity contribution is 0.148. The maximum Gasteiger partial charge on any atom is 0.319 e. The summed E-state index contributed by atoms with van der Waals surface area (Å²) in [6, 6.07) is 7.58. The molecule has 3 N–H and O–H groups in total. The van der Waals surface area contributed by atoms with Gasteiger partial charge in [0.15, 0.2) is 0 Å². The Kier molecular flexibility index (Phi) is 8.23. The van der Waals surface area contributed by atoms with Crippen LogP contribution < -0.4 is 10.6 Å². The molecule has 21 heavy (non-hydrogen) atoms. The van der Waals surface area contributed by atoms with Gasteiger partial charge in [0.05, 0.1) is 6.10 Å². The second-order valence-corrected chi connectivity index (χ2v) is 6.54. The molecular weight excluding hydrogens is 284 g/mol. The van der Waals surface area contributed by atoms with Gasteiger partial charge in [-0.25, -0.2) is 4.79 Å². The molecule has 1 unspecified atom stereocenters. The van der Waals surface area contributed by atoms with Gasteiger partial charge in [-0.3, -0.25) is 0 Å². The number of amides is 2. The van der Waals surface area contributed by atoms with Crippen LogP contribution in [0.4, 0.5) is 10.5 Å². The molecule has 2 amide bonds. The molecule has 0 heterocycles. The summed E-state index contributed by atoms with van der Waals surface area (Å²) in [6.45, 7) is 4.36. The molecule has 4 nitrogen and oxygen atoms in total. The maximum atomic E-state index is 11.7. The molecule has 118 valence electrons. The van der Waals surface area contributed by atoms with Crippen LogP contribution in [0.5, 0.6) is 0 Å². The summed E-state index contributed by atoms with van der Waals surface area (Å²) in [5.41, 5.74) is 2.03. The largest absolute Gasteiger partial charge is 0.391 e. The zero-order valence-electron chi connectivity index (χ0n) is 13.1. The molecule has 1 aromatic carbocycles. The van der Waals surface area contributed by atoms with E-state index in [1.807, 2.05) is 49.9 Å². The van der Waals surface area contributed by atoms with Gasteiger partial charge in [0.25, 0.3) is 0 Å². The van der Waals surface area contributed by atoms with Gasteiger partial charge in [-0.1, -0.05) is 26.0 Å². The number of aliphatic hydroxyl groups is 1. The van der Waals surface area contributed by atoms with E-state index in [0.29, 0.717) is 12.3 Å². The van der Waals surface area contributed by atoms with E-state index in [9.17, 15) is 9.90 Å². The van der Waals surface area contributed by atoms with Crippen LogP contribution in [0.3, 0.4) is 0 Å². The van der Waals surface area contributed by atoms with E-state index in [4.69, 9.17) is 0 Å². The first-order valence-corrected chi connectivity index (χ1v) is 8.71. The van der Waals surface area contributed by atoms with Crippen molar-refractivity contribution >= 4 is 23.5 Å². The predicted molar refractivity (Wildman–Crippen MR) is 91.0 cm³/mol. The van der Waals surface area contributed by atoms with Crippen LogP contribution in [0.25, 0.3) is 0 Å². The summed E-state index contributed by atoms with van der Waals surface area (Å²) in [6.07, 6.45) is 3.32. The topological polar surface area (TPSA) is 61.4 Å². The van der Waals surface area contributed by atoms with Crippen molar-refractivity contribution in [2.45, 2.75) is 32.8 Å². The molecule has 0 fully saturated rings. The second-order valence-electron chi connectivity index (χ2n) is 5.56. The first-order valence-electron chi connectivity index (χ1n) is 7.32. The van der Waals surface area contributed by atoms with E-state index < -0.39 is 6.10 Å². The van der Waals surface area contributed by atoms with E-state index in [-0.39, 0.29) is 12.6 Å². The Hall–Kier alpha value is -1.20. The number of aliphatic hydroxyl groups excluding tert-OH is 1. The van der Waals surface area contributed by atoms with Gasteiger partial charge < -0.3 is 15.7 Å². The lowest BCUT2D eigenvalue weighted by Crippen LogP contribution is -2.35. The summed E-state index contributed by atoms with van der Waals surface area (Å²) in [5, 5.41) is 15.2. The smallest absolute Gasteiger partial charge is 0.319 e. The molecule has 0 spiro atoms. The monoisotopic (exact) mass is 310 g/mol. The lowest BCUT2D eigenvalue weighted by atomic mass is 10.1. The van der Waals surface area contributed by atoms with Gasteiger partial charge in [-0.2, -0.15) is 11.8 Å². The molecule has 0 saturated heterocycles. The van der Waals surface area contributed by atoms with Crippen molar-refractivity contribution < 1.29 is 9.90 Å². The van der Waals surface area contributed by atoms with Gasteiger partial charge in [0, 0.05) is 12.2 Å². The highest BCUT2D eigenvalue weighted by molar-refractivity contribution is 7.98. The second kappa shape index (κ2) is 9.68. The fourth-order valence-electron chi connectivity index (χ4n) is 1.99.